The van der Waals surface area contributed by atoms with Crippen LogP contribution in [0.1, 0.15) is 25.1 Å². The first-order chi connectivity index (χ1) is 7.24. The minimum Gasteiger partial charge on any atom is -0.338 e. The number of rotatable bonds is 6. The van der Waals surface area contributed by atoms with E-state index in [0.717, 1.165) is 12.8 Å². The number of aromatic nitrogens is 3. The molecule has 0 saturated heterocycles. The molecule has 15 heavy (non-hydrogen) atoms. The first-order valence-corrected chi connectivity index (χ1v) is 5.41. The molecule has 1 heterocycles. The van der Waals surface area contributed by atoms with Crippen molar-refractivity contribution < 1.29 is 4.79 Å². The number of alkyl halides is 1. The molecule has 1 N–H and O–H groups in total. The molecule has 0 aliphatic rings. The summed E-state index contributed by atoms with van der Waals surface area (Å²) in [7, 11) is 1.76. The molecule has 0 aliphatic carbocycles. The van der Waals surface area contributed by atoms with Crippen LogP contribution < -0.4 is 0 Å². The quantitative estimate of drug-likeness (QED) is 0.590. The van der Waals surface area contributed by atoms with Gasteiger partial charge in [-0.25, -0.2) is 4.98 Å². The van der Waals surface area contributed by atoms with E-state index in [9.17, 15) is 4.79 Å². The van der Waals surface area contributed by atoms with Gasteiger partial charge in [-0.1, -0.05) is 0 Å². The topological polar surface area (TPSA) is 61.9 Å². The number of hydrogen-bond acceptors (Lipinski definition) is 3. The summed E-state index contributed by atoms with van der Waals surface area (Å²) in [6, 6.07) is 0. The second kappa shape index (κ2) is 6.40. The van der Waals surface area contributed by atoms with Crippen molar-refractivity contribution in [2.45, 2.75) is 25.8 Å². The molecule has 0 spiro atoms. The summed E-state index contributed by atoms with van der Waals surface area (Å²) in [6.07, 6.45) is 3.69. The highest BCUT2D eigenvalue weighted by Gasteiger charge is 2.09. The number of carbonyl (C=O) groups is 1. The van der Waals surface area contributed by atoms with E-state index >= 15 is 0 Å². The van der Waals surface area contributed by atoms with Crippen molar-refractivity contribution >= 4 is 17.5 Å². The average molecular weight is 231 g/mol. The molecule has 0 saturated carbocycles. The maximum absolute atomic E-state index is 11.6. The summed E-state index contributed by atoms with van der Waals surface area (Å²) in [5.41, 5.74) is 0. The Bertz CT molecular complexity index is 288. The zero-order valence-corrected chi connectivity index (χ0v) is 9.50. The standard InChI is InChI=1S/C9H15ClN4O/c1-14(6-8-11-7-12-13-8)9(15)4-2-3-5-10/h7H,2-6H2,1H3,(H,11,12,13). The normalized spacial score (nSPS) is 10.3. The van der Waals surface area contributed by atoms with Crippen LogP contribution in [0.5, 0.6) is 0 Å². The fourth-order valence-electron chi connectivity index (χ4n) is 1.18. The molecule has 1 aromatic rings. The van der Waals surface area contributed by atoms with Crippen LogP contribution in [0.2, 0.25) is 0 Å². The third-order valence-electron chi connectivity index (χ3n) is 2.05. The van der Waals surface area contributed by atoms with Crippen molar-refractivity contribution in [3.63, 3.8) is 0 Å². The van der Waals surface area contributed by atoms with E-state index in [2.05, 4.69) is 15.2 Å². The maximum Gasteiger partial charge on any atom is 0.222 e. The predicted octanol–water partition coefficient (Wildman–Crippen LogP) is 1.17. The van der Waals surface area contributed by atoms with Gasteiger partial charge in [-0.2, -0.15) is 5.10 Å². The van der Waals surface area contributed by atoms with Crippen molar-refractivity contribution in [3.05, 3.63) is 12.2 Å². The van der Waals surface area contributed by atoms with E-state index in [-0.39, 0.29) is 5.91 Å². The van der Waals surface area contributed by atoms with Crippen LogP contribution in [0.25, 0.3) is 0 Å². The second-order valence-electron chi connectivity index (χ2n) is 3.33. The van der Waals surface area contributed by atoms with Gasteiger partial charge in [0.15, 0.2) is 0 Å². The predicted molar refractivity (Wildman–Crippen MR) is 57.4 cm³/mol. The SMILES string of the molecule is CN(Cc1ncn[nH]1)C(=O)CCCCCl. The molecule has 0 aliphatic heterocycles. The van der Waals surface area contributed by atoms with Crippen molar-refractivity contribution in [1.29, 1.82) is 0 Å². The maximum atomic E-state index is 11.6. The number of nitrogens with zero attached hydrogens (tertiary/aromatic N) is 3. The van der Waals surface area contributed by atoms with E-state index in [1.807, 2.05) is 0 Å². The molecule has 0 fully saturated rings. The summed E-state index contributed by atoms with van der Waals surface area (Å²) in [5.74, 6) is 1.42. The van der Waals surface area contributed by atoms with E-state index in [1.165, 1.54) is 6.33 Å². The minimum atomic E-state index is 0.108. The molecule has 0 atom stereocenters. The Morgan fingerprint density at radius 2 is 2.40 bits per heavy atom. The lowest BCUT2D eigenvalue weighted by Gasteiger charge is -2.15. The second-order valence-corrected chi connectivity index (χ2v) is 3.71. The number of carbonyl (C=O) groups excluding carboxylic acids is 1. The highest BCUT2D eigenvalue weighted by atomic mass is 35.5. The van der Waals surface area contributed by atoms with Gasteiger partial charge in [-0.05, 0) is 12.8 Å². The molecule has 1 amide bonds. The molecule has 0 aromatic carbocycles. The number of halogens is 1. The highest BCUT2D eigenvalue weighted by molar-refractivity contribution is 6.17. The van der Waals surface area contributed by atoms with Gasteiger partial charge in [-0.15, -0.1) is 11.6 Å². The number of amides is 1. The van der Waals surface area contributed by atoms with Gasteiger partial charge >= 0.3 is 0 Å². The van der Waals surface area contributed by atoms with Crippen LogP contribution in [0.4, 0.5) is 0 Å². The lowest BCUT2D eigenvalue weighted by Crippen LogP contribution is -2.26. The largest absolute Gasteiger partial charge is 0.338 e. The van der Waals surface area contributed by atoms with Crippen molar-refractivity contribution in [2.24, 2.45) is 0 Å². The number of aromatic amines is 1. The number of unbranched alkanes of at least 4 members (excludes halogenated alkanes) is 1. The van der Waals surface area contributed by atoms with Crippen LogP contribution in [-0.4, -0.2) is 38.9 Å². The molecule has 0 bridgehead atoms. The van der Waals surface area contributed by atoms with Crippen LogP contribution in [-0.2, 0) is 11.3 Å². The van der Waals surface area contributed by atoms with E-state index < -0.39 is 0 Å². The van der Waals surface area contributed by atoms with E-state index in [0.29, 0.717) is 24.7 Å². The summed E-state index contributed by atoms with van der Waals surface area (Å²) in [6.45, 7) is 0.472. The van der Waals surface area contributed by atoms with Gasteiger partial charge in [0, 0.05) is 19.3 Å². The van der Waals surface area contributed by atoms with Gasteiger partial charge in [0.25, 0.3) is 0 Å². The fraction of sp³-hybridized carbons (Fsp3) is 0.667. The number of nitrogens with one attached hydrogen (secondary N) is 1. The van der Waals surface area contributed by atoms with E-state index in [4.69, 9.17) is 11.6 Å². The molecule has 1 rings (SSSR count). The zero-order valence-electron chi connectivity index (χ0n) is 8.74. The Kier molecular flexibility index (Phi) is 5.10. The van der Waals surface area contributed by atoms with Gasteiger partial charge in [-0.3, -0.25) is 9.89 Å². The fourth-order valence-corrected chi connectivity index (χ4v) is 1.37. The molecular formula is C9H15ClN4O. The lowest BCUT2D eigenvalue weighted by atomic mass is 10.2. The summed E-state index contributed by atoms with van der Waals surface area (Å²) in [4.78, 5) is 17.2. The van der Waals surface area contributed by atoms with Gasteiger partial charge in [0.05, 0.1) is 6.54 Å². The van der Waals surface area contributed by atoms with E-state index in [1.54, 1.807) is 11.9 Å². The Morgan fingerprint density at radius 1 is 1.60 bits per heavy atom. The van der Waals surface area contributed by atoms with Crippen LogP contribution >= 0.6 is 11.6 Å². The third-order valence-corrected chi connectivity index (χ3v) is 2.32. The number of H-pyrrole nitrogens is 1. The molecule has 0 radical (unpaired) electrons. The lowest BCUT2D eigenvalue weighted by molar-refractivity contribution is -0.130. The van der Waals surface area contributed by atoms with Crippen molar-refractivity contribution in [1.82, 2.24) is 20.1 Å². The Morgan fingerprint density at radius 3 is 3.00 bits per heavy atom. The molecule has 1 aromatic heterocycles. The van der Waals surface area contributed by atoms with Gasteiger partial charge < -0.3 is 4.90 Å². The first-order valence-electron chi connectivity index (χ1n) is 4.88. The minimum absolute atomic E-state index is 0.108. The van der Waals surface area contributed by atoms with Crippen LogP contribution in [0.15, 0.2) is 6.33 Å². The molecular weight excluding hydrogens is 216 g/mol. The van der Waals surface area contributed by atoms with Gasteiger partial charge in [0.1, 0.15) is 12.2 Å². The van der Waals surface area contributed by atoms with Crippen LogP contribution in [0.3, 0.4) is 0 Å². The zero-order chi connectivity index (χ0) is 11.1. The van der Waals surface area contributed by atoms with Crippen molar-refractivity contribution in [3.8, 4) is 0 Å². The first kappa shape index (κ1) is 12.0. The third kappa shape index (κ3) is 4.29. The highest BCUT2D eigenvalue weighted by Crippen LogP contribution is 2.03. The molecule has 5 nitrogen and oxygen atoms in total. The summed E-state index contributed by atoms with van der Waals surface area (Å²) in [5, 5.41) is 6.43. The Labute approximate surface area is 93.8 Å². The smallest absolute Gasteiger partial charge is 0.222 e. The molecule has 6 heteroatoms. The van der Waals surface area contributed by atoms with Gasteiger partial charge in [0.2, 0.25) is 5.91 Å². The summed E-state index contributed by atoms with van der Waals surface area (Å²) < 4.78 is 0. The Hall–Kier alpha value is -1.10. The monoisotopic (exact) mass is 230 g/mol. The molecule has 84 valence electrons. The molecule has 0 unspecified atom stereocenters. The van der Waals surface area contributed by atoms with Crippen molar-refractivity contribution in [2.75, 3.05) is 12.9 Å². The summed E-state index contributed by atoms with van der Waals surface area (Å²) >= 11 is 5.53. The number of hydrogen-bond donors (Lipinski definition) is 1. The van der Waals surface area contributed by atoms with Crippen LogP contribution in [0, 0.1) is 0 Å². The Balaban J connectivity index is 2.27. The average Bonchev–Trinajstić information content (AvgIpc) is 2.70.